The first-order chi connectivity index (χ1) is 8.65. The van der Waals surface area contributed by atoms with Gasteiger partial charge in [0.2, 0.25) is 5.91 Å². The number of hydrogen-bond donors (Lipinski definition) is 1. The second kappa shape index (κ2) is 5.40. The summed E-state index contributed by atoms with van der Waals surface area (Å²) < 4.78 is 5.23. The summed E-state index contributed by atoms with van der Waals surface area (Å²) in [4.78, 5) is 13.8. The third kappa shape index (κ3) is 2.48. The summed E-state index contributed by atoms with van der Waals surface area (Å²) in [6.07, 6.45) is 0.582. The van der Waals surface area contributed by atoms with E-state index in [-0.39, 0.29) is 11.9 Å². The number of anilines is 1. The van der Waals surface area contributed by atoms with Crippen molar-refractivity contribution < 1.29 is 9.53 Å². The average Bonchev–Trinajstić information content (AvgIpc) is 2.71. The van der Waals surface area contributed by atoms with Gasteiger partial charge < -0.3 is 15.0 Å². The summed E-state index contributed by atoms with van der Waals surface area (Å²) in [7, 11) is 1.66. The zero-order valence-corrected chi connectivity index (χ0v) is 11.2. The SMILES string of the molecule is CCNC1CC(=O)N(c2ccc(OC)c(C)c2)C1. The Morgan fingerprint density at radius 1 is 1.50 bits per heavy atom. The van der Waals surface area contributed by atoms with Crippen molar-refractivity contribution in [2.45, 2.75) is 26.3 Å². The zero-order valence-electron chi connectivity index (χ0n) is 11.2. The molecule has 0 bridgehead atoms. The lowest BCUT2D eigenvalue weighted by atomic mass is 10.2. The Morgan fingerprint density at radius 2 is 2.28 bits per heavy atom. The highest BCUT2D eigenvalue weighted by Gasteiger charge is 2.29. The maximum atomic E-state index is 12.0. The number of nitrogens with one attached hydrogen (secondary N) is 1. The molecule has 1 N–H and O–H groups in total. The van der Waals surface area contributed by atoms with Crippen LogP contribution in [0.1, 0.15) is 18.9 Å². The largest absolute Gasteiger partial charge is 0.496 e. The van der Waals surface area contributed by atoms with Gasteiger partial charge in [-0.3, -0.25) is 4.79 Å². The van der Waals surface area contributed by atoms with E-state index < -0.39 is 0 Å². The van der Waals surface area contributed by atoms with Crippen LogP contribution in [-0.2, 0) is 4.79 Å². The van der Waals surface area contributed by atoms with Crippen molar-refractivity contribution in [1.29, 1.82) is 0 Å². The summed E-state index contributed by atoms with van der Waals surface area (Å²) in [5.41, 5.74) is 2.01. The number of likely N-dealkylation sites (N-methyl/N-ethyl adjacent to an activating group) is 1. The van der Waals surface area contributed by atoms with Crippen LogP contribution < -0.4 is 15.0 Å². The van der Waals surface area contributed by atoms with Crippen molar-refractivity contribution in [3.63, 3.8) is 0 Å². The van der Waals surface area contributed by atoms with Crippen LogP contribution in [0.4, 0.5) is 5.69 Å². The lowest BCUT2D eigenvalue weighted by molar-refractivity contribution is -0.117. The summed E-state index contributed by atoms with van der Waals surface area (Å²) in [5.74, 6) is 1.04. The van der Waals surface area contributed by atoms with Crippen LogP contribution in [0.5, 0.6) is 5.75 Å². The third-order valence-corrected chi connectivity index (χ3v) is 3.31. The highest BCUT2D eigenvalue weighted by molar-refractivity contribution is 5.96. The number of ether oxygens (including phenoxy) is 1. The zero-order chi connectivity index (χ0) is 13.1. The van der Waals surface area contributed by atoms with E-state index in [0.29, 0.717) is 6.42 Å². The highest BCUT2D eigenvalue weighted by Crippen LogP contribution is 2.27. The van der Waals surface area contributed by atoms with Gasteiger partial charge in [0.05, 0.1) is 7.11 Å². The fourth-order valence-electron chi connectivity index (χ4n) is 2.41. The molecule has 1 aliphatic rings. The van der Waals surface area contributed by atoms with Gasteiger partial charge in [-0.25, -0.2) is 0 Å². The number of nitrogens with zero attached hydrogens (tertiary/aromatic N) is 1. The van der Waals surface area contributed by atoms with Crippen LogP contribution in [-0.4, -0.2) is 32.1 Å². The second-order valence-corrected chi connectivity index (χ2v) is 4.62. The van der Waals surface area contributed by atoms with E-state index in [1.54, 1.807) is 7.11 Å². The van der Waals surface area contributed by atoms with E-state index in [4.69, 9.17) is 4.74 Å². The van der Waals surface area contributed by atoms with Crippen LogP contribution in [0.2, 0.25) is 0 Å². The van der Waals surface area contributed by atoms with Gasteiger partial charge in [0.15, 0.2) is 0 Å². The van der Waals surface area contributed by atoms with Gasteiger partial charge in [-0.1, -0.05) is 6.92 Å². The number of aryl methyl sites for hydroxylation is 1. The number of rotatable bonds is 4. The summed E-state index contributed by atoms with van der Waals surface area (Å²) in [5, 5.41) is 3.32. The van der Waals surface area contributed by atoms with Crippen molar-refractivity contribution >= 4 is 11.6 Å². The Balaban J connectivity index is 2.17. The Bertz CT molecular complexity index is 445. The van der Waals surface area contributed by atoms with Crippen LogP contribution in [0, 0.1) is 6.92 Å². The molecular formula is C14H20N2O2. The first-order valence-electron chi connectivity index (χ1n) is 6.34. The Morgan fingerprint density at radius 3 is 2.89 bits per heavy atom. The molecule has 4 nitrogen and oxygen atoms in total. The van der Waals surface area contributed by atoms with E-state index in [9.17, 15) is 4.79 Å². The van der Waals surface area contributed by atoms with Gasteiger partial charge in [0.1, 0.15) is 5.75 Å². The molecule has 1 aromatic carbocycles. The molecule has 0 aromatic heterocycles. The van der Waals surface area contributed by atoms with E-state index in [2.05, 4.69) is 12.2 Å². The maximum absolute atomic E-state index is 12.0. The predicted molar refractivity (Wildman–Crippen MR) is 72.2 cm³/mol. The van der Waals surface area contributed by atoms with Gasteiger partial charge in [-0.15, -0.1) is 0 Å². The predicted octanol–water partition coefficient (Wildman–Crippen LogP) is 1.72. The number of hydrogen-bond acceptors (Lipinski definition) is 3. The molecule has 0 saturated carbocycles. The lowest BCUT2D eigenvalue weighted by Gasteiger charge is -2.18. The first-order valence-corrected chi connectivity index (χ1v) is 6.34. The number of carbonyl (C=O) groups is 1. The molecular weight excluding hydrogens is 228 g/mol. The number of benzene rings is 1. The van der Waals surface area contributed by atoms with Gasteiger partial charge in [-0.05, 0) is 37.2 Å². The van der Waals surface area contributed by atoms with Gasteiger partial charge in [-0.2, -0.15) is 0 Å². The monoisotopic (exact) mass is 248 g/mol. The fraction of sp³-hybridized carbons (Fsp3) is 0.500. The molecule has 18 heavy (non-hydrogen) atoms. The first kappa shape index (κ1) is 12.9. The molecule has 98 valence electrons. The van der Waals surface area contributed by atoms with E-state index in [1.165, 1.54) is 0 Å². The minimum absolute atomic E-state index is 0.186. The standard InChI is InChI=1S/C14H20N2O2/c1-4-15-11-8-14(17)16(9-11)12-5-6-13(18-3)10(2)7-12/h5-7,11,15H,4,8-9H2,1-3H3. The smallest absolute Gasteiger partial charge is 0.228 e. The topological polar surface area (TPSA) is 41.6 Å². The molecule has 1 saturated heterocycles. The molecule has 1 amide bonds. The average molecular weight is 248 g/mol. The van der Waals surface area contributed by atoms with Crippen molar-refractivity contribution in [3.05, 3.63) is 23.8 Å². The Labute approximate surface area is 108 Å². The molecule has 1 heterocycles. The van der Waals surface area contributed by atoms with E-state index in [1.807, 2.05) is 30.0 Å². The minimum atomic E-state index is 0.186. The molecule has 1 aliphatic heterocycles. The molecule has 1 unspecified atom stereocenters. The van der Waals surface area contributed by atoms with Crippen molar-refractivity contribution in [3.8, 4) is 5.75 Å². The third-order valence-electron chi connectivity index (χ3n) is 3.31. The molecule has 4 heteroatoms. The molecule has 0 spiro atoms. The van der Waals surface area contributed by atoms with Crippen LogP contribution in [0.15, 0.2) is 18.2 Å². The van der Waals surface area contributed by atoms with Crippen molar-refractivity contribution in [1.82, 2.24) is 5.32 Å². The summed E-state index contributed by atoms with van der Waals surface area (Å²) >= 11 is 0. The second-order valence-electron chi connectivity index (χ2n) is 4.62. The molecule has 0 radical (unpaired) electrons. The van der Waals surface area contributed by atoms with Gasteiger partial charge >= 0.3 is 0 Å². The molecule has 1 aromatic rings. The molecule has 1 fully saturated rings. The quantitative estimate of drug-likeness (QED) is 0.882. The fourth-order valence-corrected chi connectivity index (χ4v) is 2.41. The van der Waals surface area contributed by atoms with Crippen LogP contribution in [0.3, 0.4) is 0 Å². The van der Waals surface area contributed by atoms with Crippen LogP contribution >= 0.6 is 0 Å². The summed E-state index contributed by atoms with van der Waals surface area (Å²) in [6, 6.07) is 6.13. The molecule has 2 rings (SSSR count). The Hall–Kier alpha value is -1.55. The maximum Gasteiger partial charge on any atom is 0.228 e. The minimum Gasteiger partial charge on any atom is -0.496 e. The van der Waals surface area contributed by atoms with Gasteiger partial charge in [0.25, 0.3) is 0 Å². The van der Waals surface area contributed by atoms with E-state index >= 15 is 0 Å². The van der Waals surface area contributed by atoms with Crippen LogP contribution in [0.25, 0.3) is 0 Å². The Kier molecular flexibility index (Phi) is 3.87. The van der Waals surface area contributed by atoms with Crippen molar-refractivity contribution in [2.75, 3.05) is 25.1 Å². The van der Waals surface area contributed by atoms with Crippen molar-refractivity contribution in [2.24, 2.45) is 0 Å². The van der Waals surface area contributed by atoms with E-state index in [0.717, 1.165) is 30.1 Å². The number of amides is 1. The lowest BCUT2D eigenvalue weighted by Crippen LogP contribution is -2.32. The number of carbonyl (C=O) groups excluding carboxylic acids is 1. The normalized spacial score (nSPS) is 19.4. The molecule has 0 aliphatic carbocycles. The number of methoxy groups -OCH3 is 1. The highest BCUT2D eigenvalue weighted by atomic mass is 16.5. The van der Waals surface area contributed by atoms with Gasteiger partial charge in [0, 0.05) is 24.7 Å². The molecule has 1 atom stereocenters. The summed E-state index contributed by atoms with van der Waals surface area (Å²) in [6.45, 7) is 5.70.